The van der Waals surface area contributed by atoms with E-state index in [1.165, 1.54) is 30.4 Å². The van der Waals surface area contributed by atoms with Gasteiger partial charge in [0, 0.05) is 5.41 Å². The molecule has 0 aliphatic heterocycles. The number of hydrogen-bond acceptors (Lipinski definition) is 2. The van der Waals surface area contributed by atoms with Crippen LogP contribution in [0.2, 0.25) is 19.6 Å². The van der Waals surface area contributed by atoms with Gasteiger partial charge in [-0.3, -0.25) is 0 Å². The van der Waals surface area contributed by atoms with E-state index in [1.807, 2.05) is 0 Å². The smallest absolute Gasteiger partial charge is 0.0717 e. The number of ether oxygens (including phenoxy) is 2. The van der Waals surface area contributed by atoms with E-state index >= 15 is 0 Å². The maximum atomic E-state index is 6.27. The molecule has 2 atom stereocenters. The zero-order chi connectivity index (χ0) is 21.1. The van der Waals surface area contributed by atoms with Crippen molar-refractivity contribution in [1.29, 1.82) is 0 Å². The first-order valence-electron chi connectivity index (χ1n) is 11.3. The number of allylic oxidation sites excluding steroid dienone is 1. The van der Waals surface area contributed by atoms with Crippen molar-refractivity contribution in [2.75, 3.05) is 13.2 Å². The summed E-state index contributed by atoms with van der Waals surface area (Å²) in [7, 11) is -1.17. The molecule has 2 aromatic carbocycles. The van der Waals surface area contributed by atoms with Gasteiger partial charge in [-0.2, -0.15) is 0 Å². The Morgan fingerprint density at radius 3 is 1.87 bits per heavy atom. The summed E-state index contributed by atoms with van der Waals surface area (Å²) in [6.45, 7) is 10.2. The van der Waals surface area contributed by atoms with Crippen LogP contribution in [0.1, 0.15) is 30.4 Å². The molecule has 0 saturated heterocycles. The fourth-order valence-electron chi connectivity index (χ4n) is 5.04. The Kier molecular flexibility index (Phi) is 6.33. The topological polar surface area (TPSA) is 18.5 Å². The van der Waals surface area contributed by atoms with Crippen molar-refractivity contribution in [3.63, 3.8) is 0 Å². The maximum Gasteiger partial charge on any atom is 0.0717 e. The molecule has 30 heavy (non-hydrogen) atoms. The molecule has 2 aliphatic rings. The SMILES string of the molecule is C[Si](C)(C)/C=C/[C@]12C[C@H]1CC(COCc1ccccc1)(COCc1ccccc1)C2. The van der Waals surface area contributed by atoms with Crippen LogP contribution >= 0.6 is 0 Å². The van der Waals surface area contributed by atoms with Crippen LogP contribution in [0.15, 0.2) is 72.4 Å². The molecule has 0 amide bonds. The largest absolute Gasteiger partial charge is 0.376 e. The average Bonchev–Trinajstić information content (AvgIpc) is 3.29. The predicted octanol–water partition coefficient (Wildman–Crippen LogP) is 6.64. The van der Waals surface area contributed by atoms with Gasteiger partial charge in [-0.25, -0.2) is 0 Å². The zero-order valence-corrected chi connectivity index (χ0v) is 19.8. The van der Waals surface area contributed by atoms with Crippen molar-refractivity contribution >= 4 is 8.07 Å². The first-order chi connectivity index (χ1) is 14.4. The molecule has 160 valence electrons. The molecule has 2 fully saturated rings. The lowest BCUT2D eigenvalue weighted by molar-refractivity contribution is -0.0376. The Morgan fingerprint density at radius 2 is 1.37 bits per heavy atom. The van der Waals surface area contributed by atoms with E-state index in [-0.39, 0.29) is 5.41 Å². The zero-order valence-electron chi connectivity index (χ0n) is 18.8. The molecule has 2 saturated carbocycles. The summed E-state index contributed by atoms with van der Waals surface area (Å²) in [5, 5.41) is 0. The summed E-state index contributed by atoms with van der Waals surface area (Å²) < 4.78 is 12.5. The van der Waals surface area contributed by atoms with Crippen LogP contribution in [-0.4, -0.2) is 21.3 Å². The molecule has 0 aromatic heterocycles. The summed E-state index contributed by atoms with van der Waals surface area (Å²) in [5.74, 6) is 0.811. The Hall–Kier alpha value is -1.68. The number of rotatable bonds is 10. The monoisotopic (exact) mass is 420 g/mol. The van der Waals surface area contributed by atoms with Gasteiger partial charge in [-0.1, -0.05) is 92.1 Å². The number of fused-ring (bicyclic) bond motifs is 1. The minimum Gasteiger partial charge on any atom is -0.376 e. The van der Waals surface area contributed by atoms with E-state index in [0.29, 0.717) is 18.6 Å². The van der Waals surface area contributed by atoms with Crippen LogP contribution in [0.3, 0.4) is 0 Å². The Morgan fingerprint density at radius 1 is 0.833 bits per heavy atom. The van der Waals surface area contributed by atoms with Crippen molar-refractivity contribution in [3.8, 4) is 0 Å². The van der Waals surface area contributed by atoms with E-state index in [2.05, 4.69) is 92.1 Å². The fourth-order valence-corrected chi connectivity index (χ4v) is 5.88. The van der Waals surface area contributed by atoms with Gasteiger partial charge in [0.2, 0.25) is 0 Å². The Balaban J connectivity index is 1.40. The van der Waals surface area contributed by atoms with E-state index in [1.54, 1.807) is 0 Å². The van der Waals surface area contributed by atoms with Crippen molar-refractivity contribution in [3.05, 3.63) is 83.6 Å². The third-order valence-corrected chi connectivity index (χ3v) is 7.78. The molecule has 4 rings (SSSR count). The molecule has 0 N–H and O–H groups in total. The van der Waals surface area contributed by atoms with Crippen LogP contribution in [-0.2, 0) is 22.7 Å². The van der Waals surface area contributed by atoms with Gasteiger partial charge >= 0.3 is 0 Å². The highest BCUT2D eigenvalue weighted by atomic mass is 28.3. The lowest BCUT2D eigenvalue weighted by Crippen LogP contribution is -2.32. The van der Waals surface area contributed by atoms with Crippen LogP contribution in [0.5, 0.6) is 0 Å². The molecule has 0 heterocycles. The van der Waals surface area contributed by atoms with Gasteiger partial charge in [-0.05, 0) is 41.7 Å². The molecule has 2 aliphatic carbocycles. The summed E-state index contributed by atoms with van der Waals surface area (Å²) in [4.78, 5) is 0. The van der Waals surface area contributed by atoms with Crippen molar-refractivity contribution < 1.29 is 9.47 Å². The molecule has 0 radical (unpaired) electrons. The van der Waals surface area contributed by atoms with Gasteiger partial charge in [-0.15, -0.1) is 0 Å². The van der Waals surface area contributed by atoms with E-state index in [4.69, 9.17) is 9.47 Å². The fraction of sp³-hybridized carbons (Fsp3) is 0.481. The predicted molar refractivity (Wildman–Crippen MR) is 127 cm³/mol. The summed E-state index contributed by atoms with van der Waals surface area (Å²) in [6.07, 6.45) is 6.37. The van der Waals surface area contributed by atoms with Gasteiger partial charge in [0.15, 0.2) is 0 Å². The first kappa shape index (κ1) is 21.5. The van der Waals surface area contributed by atoms with Gasteiger partial charge < -0.3 is 9.47 Å². The van der Waals surface area contributed by atoms with Crippen molar-refractivity contribution in [1.82, 2.24) is 0 Å². The minimum atomic E-state index is -1.17. The molecule has 3 heteroatoms. The molecular formula is C27H36O2Si. The highest BCUT2D eigenvalue weighted by Crippen LogP contribution is 2.70. The third-order valence-electron chi connectivity index (χ3n) is 6.62. The van der Waals surface area contributed by atoms with Gasteiger partial charge in [0.1, 0.15) is 0 Å². The first-order valence-corrected chi connectivity index (χ1v) is 14.9. The molecular weight excluding hydrogens is 384 g/mol. The summed E-state index contributed by atoms with van der Waals surface area (Å²) in [5.41, 5.74) is 5.59. The van der Waals surface area contributed by atoms with Crippen LogP contribution in [0.25, 0.3) is 0 Å². The average molecular weight is 421 g/mol. The minimum absolute atomic E-state index is 0.135. The van der Waals surface area contributed by atoms with Gasteiger partial charge in [0.05, 0.1) is 34.5 Å². The van der Waals surface area contributed by atoms with Crippen molar-refractivity contribution in [2.24, 2.45) is 16.7 Å². The van der Waals surface area contributed by atoms with Gasteiger partial charge in [0.25, 0.3) is 0 Å². The molecule has 2 nitrogen and oxygen atoms in total. The third kappa shape index (κ3) is 5.51. The Bertz CT molecular complexity index is 795. The quantitative estimate of drug-likeness (QED) is 0.401. The second-order valence-corrected chi connectivity index (χ2v) is 15.7. The van der Waals surface area contributed by atoms with Crippen LogP contribution in [0.4, 0.5) is 0 Å². The van der Waals surface area contributed by atoms with Crippen molar-refractivity contribution in [2.45, 2.75) is 52.1 Å². The number of hydrogen-bond donors (Lipinski definition) is 0. The van der Waals surface area contributed by atoms with Crippen LogP contribution in [0, 0.1) is 16.7 Å². The maximum absolute atomic E-state index is 6.27. The van der Waals surface area contributed by atoms with E-state index in [9.17, 15) is 0 Å². The lowest BCUT2D eigenvalue weighted by Gasteiger charge is -2.32. The van der Waals surface area contributed by atoms with Crippen LogP contribution < -0.4 is 0 Å². The summed E-state index contributed by atoms with van der Waals surface area (Å²) >= 11 is 0. The molecule has 2 aromatic rings. The Labute approximate surface area is 183 Å². The lowest BCUT2D eigenvalue weighted by atomic mass is 9.82. The highest BCUT2D eigenvalue weighted by molar-refractivity contribution is 6.80. The number of benzene rings is 2. The van der Waals surface area contributed by atoms with E-state index in [0.717, 1.165) is 19.1 Å². The second kappa shape index (κ2) is 8.82. The molecule has 0 spiro atoms. The van der Waals surface area contributed by atoms with E-state index < -0.39 is 8.07 Å². The normalized spacial score (nSPS) is 24.8. The standard InChI is InChI=1S/C27H36O2Si/c1-30(2,3)15-14-27-17-25(27)16-26(20-27,21-28-18-23-10-6-4-7-11-23)22-29-19-24-12-8-5-9-13-24/h4-15,25H,16-22H2,1-3H3/b15-14+/t25-,27-/m1/s1. The second-order valence-electron chi connectivity index (χ2n) is 10.7. The molecule has 0 bridgehead atoms. The summed E-state index contributed by atoms with van der Waals surface area (Å²) in [6, 6.07) is 21.0. The highest BCUT2D eigenvalue weighted by Gasteiger charge is 2.63. The molecule has 0 unspecified atom stereocenters.